The lowest BCUT2D eigenvalue weighted by Crippen LogP contribution is -2.37. The van der Waals surface area contributed by atoms with Crippen LogP contribution < -0.4 is 16.6 Å². The Morgan fingerprint density at radius 3 is 2.56 bits per heavy atom. The monoisotopic (exact) mass is 362 g/mol. The molecule has 2 heterocycles. The maximum Gasteiger partial charge on any atom is 0.332 e. The third-order valence-electron chi connectivity index (χ3n) is 3.71. The Bertz CT molecular complexity index is 1140. The van der Waals surface area contributed by atoms with E-state index in [-0.39, 0.29) is 27.4 Å². The van der Waals surface area contributed by atoms with Crippen LogP contribution in [0, 0.1) is 5.82 Å². The van der Waals surface area contributed by atoms with Crippen LogP contribution in [-0.4, -0.2) is 20.0 Å². The van der Waals surface area contributed by atoms with E-state index in [2.05, 4.69) is 10.3 Å². The summed E-state index contributed by atoms with van der Waals surface area (Å²) in [7, 11) is 2.81. The zero-order valence-corrected chi connectivity index (χ0v) is 14.0. The summed E-state index contributed by atoms with van der Waals surface area (Å²) < 4.78 is 15.6. The van der Waals surface area contributed by atoms with E-state index in [1.807, 2.05) is 0 Å². The fraction of sp³-hybridized carbons (Fsp3) is 0.125. The Labute approximate surface area is 145 Å². The highest BCUT2D eigenvalue weighted by molar-refractivity contribution is 6.30. The molecule has 0 atom stereocenters. The summed E-state index contributed by atoms with van der Waals surface area (Å²) in [5, 5.41) is 2.63. The van der Waals surface area contributed by atoms with Gasteiger partial charge in [-0.1, -0.05) is 11.6 Å². The zero-order valence-electron chi connectivity index (χ0n) is 13.2. The van der Waals surface area contributed by atoms with Gasteiger partial charge in [-0.2, -0.15) is 0 Å². The van der Waals surface area contributed by atoms with Crippen molar-refractivity contribution < 1.29 is 9.18 Å². The molecule has 1 aromatic carbocycles. The number of nitrogens with zero attached hydrogens (tertiary/aromatic N) is 3. The van der Waals surface area contributed by atoms with Crippen molar-refractivity contribution in [3.05, 3.63) is 67.7 Å². The summed E-state index contributed by atoms with van der Waals surface area (Å²) in [6.45, 7) is 0. The van der Waals surface area contributed by atoms with Crippen molar-refractivity contribution >= 4 is 34.2 Å². The molecule has 3 aromatic rings. The van der Waals surface area contributed by atoms with Crippen molar-refractivity contribution in [2.45, 2.75) is 0 Å². The minimum absolute atomic E-state index is 0.0221. The quantitative estimate of drug-likeness (QED) is 0.751. The zero-order chi connectivity index (χ0) is 18.3. The molecule has 0 radical (unpaired) electrons. The van der Waals surface area contributed by atoms with Crippen LogP contribution in [0.15, 0.2) is 39.9 Å². The number of amides is 1. The fourth-order valence-electron chi connectivity index (χ4n) is 2.35. The molecular weight excluding hydrogens is 351 g/mol. The summed E-state index contributed by atoms with van der Waals surface area (Å²) >= 11 is 5.60. The molecule has 0 saturated carbocycles. The number of pyridine rings is 1. The number of aryl methyl sites for hydroxylation is 1. The Balaban J connectivity index is 2.04. The van der Waals surface area contributed by atoms with E-state index < -0.39 is 23.0 Å². The van der Waals surface area contributed by atoms with Crippen molar-refractivity contribution in [1.82, 2.24) is 14.1 Å². The van der Waals surface area contributed by atoms with Crippen LogP contribution in [0.2, 0.25) is 5.02 Å². The molecule has 9 heteroatoms. The number of halogens is 2. The van der Waals surface area contributed by atoms with Crippen molar-refractivity contribution in [2.75, 3.05) is 5.32 Å². The molecule has 3 rings (SSSR count). The van der Waals surface area contributed by atoms with Gasteiger partial charge in [0.1, 0.15) is 17.2 Å². The topological polar surface area (TPSA) is 86.0 Å². The molecule has 0 aliphatic heterocycles. The van der Waals surface area contributed by atoms with Gasteiger partial charge in [0, 0.05) is 19.8 Å². The van der Waals surface area contributed by atoms with E-state index >= 15 is 0 Å². The molecule has 0 aliphatic carbocycles. The van der Waals surface area contributed by atoms with E-state index in [0.717, 1.165) is 10.6 Å². The van der Waals surface area contributed by atoms with Crippen LogP contribution in [0.3, 0.4) is 0 Å². The molecule has 128 valence electrons. The predicted molar refractivity (Wildman–Crippen MR) is 91.6 cm³/mol. The molecule has 7 nitrogen and oxygen atoms in total. The van der Waals surface area contributed by atoms with Crippen LogP contribution in [-0.2, 0) is 14.1 Å². The third-order valence-corrected chi connectivity index (χ3v) is 4.02. The number of hydrogen-bond acceptors (Lipinski definition) is 4. The van der Waals surface area contributed by atoms with Gasteiger partial charge in [-0.15, -0.1) is 0 Å². The Morgan fingerprint density at radius 1 is 1.16 bits per heavy atom. The molecule has 25 heavy (non-hydrogen) atoms. The van der Waals surface area contributed by atoms with Gasteiger partial charge >= 0.3 is 5.69 Å². The van der Waals surface area contributed by atoms with Gasteiger partial charge in [0.05, 0.1) is 10.4 Å². The standard InChI is InChI=1S/C16H12ClFN4O3/c1-21-13-9(15(24)22(2)16(21)25)4-6-12(20-13)14(23)19-8-3-5-10(17)11(18)7-8/h3-7H,1-2H3,(H,19,23). The summed E-state index contributed by atoms with van der Waals surface area (Å²) in [5.41, 5.74) is -0.791. The second-order valence-corrected chi connectivity index (χ2v) is 5.76. The lowest BCUT2D eigenvalue weighted by molar-refractivity contribution is 0.102. The molecule has 0 aliphatic rings. The molecule has 0 fully saturated rings. The molecule has 0 bridgehead atoms. The number of hydrogen-bond donors (Lipinski definition) is 1. The van der Waals surface area contributed by atoms with E-state index in [1.54, 1.807) is 0 Å². The van der Waals surface area contributed by atoms with Gasteiger partial charge in [-0.05, 0) is 30.3 Å². The number of fused-ring (bicyclic) bond motifs is 1. The maximum atomic E-state index is 13.4. The number of aromatic nitrogens is 3. The number of carbonyl (C=O) groups excluding carboxylic acids is 1. The molecule has 0 saturated heterocycles. The van der Waals surface area contributed by atoms with Gasteiger partial charge in [-0.25, -0.2) is 14.2 Å². The van der Waals surface area contributed by atoms with E-state index in [4.69, 9.17) is 11.6 Å². The highest BCUT2D eigenvalue weighted by atomic mass is 35.5. The summed E-state index contributed by atoms with van der Waals surface area (Å²) in [5.74, 6) is -1.28. The fourth-order valence-corrected chi connectivity index (χ4v) is 2.47. The average molecular weight is 363 g/mol. The number of benzene rings is 1. The Hall–Kier alpha value is -3.00. The summed E-state index contributed by atoms with van der Waals surface area (Å²) in [6, 6.07) is 6.60. The van der Waals surface area contributed by atoms with Crippen molar-refractivity contribution in [1.29, 1.82) is 0 Å². The molecule has 0 spiro atoms. The lowest BCUT2D eigenvalue weighted by Gasteiger charge is -2.09. The Kier molecular flexibility index (Phi) is 4.13. The average Bonchev–Trinajstić information content (AvgIpc) is 2.60. The van der Waals surface area contributed by atoms with E-state index in [0.29, 0.717) is 0 Å². The first-order valence-electron chi connectivity index (χ1n) is 7.13. The second kappa shape index (κ2) is 6.14. The van der Waals surface area contributed by atoms with Crippen molar-refractivity contribution in [3.63, 3.8) is 0 Å². The van der Waals surface area contributed by atoms with Gasteiger partial charge < -0.3 is 5.32 Å². The third kappa shape index (κ3) is 2.91. The molecule has 1 amide bonds. The highest BCUT2D eigenvalue weighted by Gasteiger charge is 2.14. The van der Waals surface area contributed by atoms with Gasteiger partial charge in [-0.3, -0.25) is 18.7 Å². The molecule has 0 unspecified atom stereocenters. The van der Waals surface area contributed by atoms with E-state index in [9.17, 15) is 18.8 Å². The first kappa shape index (κ1) is 16.8. The predicted octanol–water partition coefficient (Wildman–Crippen LogP) is 1.68. The SMILES string of the molecule is Cn1c(=O)c2ccc(C(=O)Nc3ccc(Cl)c(F)c3)nc2n(C)c1=O. The second-order valence-electron chi connectivity index (χ2n) is 5.36. The largest absolute Gasteiger partial charge is 0.332 e. The lowest BCUT2D eigenvalue weighted by atomic mass is 10.2. The van der Waals surface area contributed by atoms with Gasteiger partial charge in [0.2, 0.25) is 0 Å². The number of carbonyl (C=O) groups is 1. The number of rotatable bonds is 2. The van der Waals surface area contributed by atoms with Gasteiger partial charge in [0.15, 0.2) is 0 Å². The smallest absolute Gasteiger partial charge is 0.321 e. The Morgan fingerprint density at radius 2 is 1.88 bits per heavy atom. The summed E-state index contributed by atoms with van der Waals surface area (Å²) in [6.07, 6.45) is 0. The minimum Gasteiger partial charge on any atom is -0.321 e. The normalized spacial score (nSPS) is 10.9. The molecule has 2 aromatic heterocycles. The first-order valence-corrected chi connectivity index (χ1v) is 7.50. The van der Waals surface area contributed by atoms with Crippen molar-refractivity contribution in [2.24, 2.45) is 14.1 Å². The van der Waals surface area contributed by atoms with Gasteiger partial charge in [0.25, 0.3) is 11.5 Å². The van der Waals surface area contributed by atoms with Crippen molar-refractivity contribution in [3.8, 4) is 0 Å². The number of nitrogens with one attached hydrogen (secondary N) is 1. The molecule has 1 N–H and O–H groups in total. The van der Waals surface area contributed by atoms with Crippen LogP contribution in [0.5, 0.6) is 0 Å². The van der Waals surface area contributed by atoms with Crippen LogP contribution in [0.1, 0.15) is 10.5 Å². The minimum atomic E-state index is -0.670. The highest BCUT2D eigenvalue weighted by Crippen LogP contribution is 2.19. The van der Waals surface area contributed by atoms with Crippen LogP contribution in [0.4, 0.5) is 10.1 Å². The number of anilines is 1. The van der Waals surface area contributed by atoms with Crippen LogP contribution in [0.25, 0.3) is 11.0 Å². The summed E-state index contributed by atoms with van der Waals surface area (Å²) in [4.78, 5) is 40.5. The first-order chi connectivity index (χ1) is 11.8. The van der Waals surface area contributed by atoms with E-state index in [1.165, 1.54) is 42.9 Å². The van der Waals surface area contributed by atoms with Crippen LogP contribution >= 0.6 is 11.6 Å². The maximum absolute atomic E-state index is 13.4. The molecular formula is C16H12ClFN4O3.